The van der Waals surface area contributed by atoms with Crippen molar-refractivity contribution >= 4 is 0 Å². The zero-order valence-electron chi connectivity index (χ0n) is 16.0. The van der Waals surface area contributed by atoms with Crippen LogP contribution in [-0.2, 0) is 0 Å². The van der Waals surface area contributed by atoms with E-state index in [9.17, 15) is 10.2 Å². The lowest BCUT2D eigenvalue weighted by Gasteiger charge is -2.58. The van der Waals surface area contributed by atoms with Crippen LogP contribution >= 0.6 is 0 Å². The fourth-order valence-electron chi connectivity index (χ4n) is 9.49. The first kappa shape index (κ1) is 16.4. The third-order valence-corrected chi connectivity index (χ3v) is 9.69. The van der Waals surface area contributed by atoms with Gasteiger partial charge in [-0.3, -0.25) is 0 Å². The van der Waals surface area contributed by atoms with Crippen molar-refractivity contribution < 1.29 is 10.2 Å². The zero-order valence-corrected chi connectivity index (χ0v) is 16.0. The summed E-state index contributed by atoms with van der Waals surface area (Å²) in [4.78, 5) is 0. The molecular weight excluding hydrogens is 320 g/mol. The van der Waals surface area contributed by atoms with Crippen LogP contribution in [0.25, 0.3) is 0 Å². The Hall–Kier alpha value is -0.520. The maximum Gasteiger partial charge on any atom is 0.120 e. The first-order valence-corrected chi connectivity index (χ1v) is 11.4. The largest absolute Gasteiger partial charge is 0.380 e. The van der Waals surface area contributed by atoms with Crippen molar-refractivity contribution in [3.05, 3.63) is 0 Å². The quantitative estimate of drug-likeness (QED) is 0.732. The Bertz CT molecular complexity index is 528. The predicted molar refractivity (Wildman–Crippen MR) is 101 cm³/mol. The summed E-state index contributed by atoms with van der Waals surface area (Å²) in [6.07, 6.45) is 14.5. The van der Waals surface area contributed by atoms with Gasteiger partial charge >= 0.3 is 0 Å². The highest BCUT2D eigenvalue weighted by Crippen LogP contribution is 2.62. The van der Waals surface area contributed by atoms with Crippen LogP contribution in [0.1, 0.15) is 77.0 Å². The van der Waals surface area contributed by atoms with Crippen molar-refractivity contribution in [2.45, 2.75) is 89.3 Å². The number of hydrogen-bond donors (Lipinski definition) is 2. The fourth-order valence-corrected chi connectivity index (χ4v) is 9.49. The molecule has 0 aromatic carbocycles. The monoisotopic (exact) mass is 354 g/mol. The van der Waals surface area contributed by atoms with E-state index in [0.29, 0.717) is 0 Å². The standard InChI is InChI=1S/C24H34O2/c25-21(23-9-15-3-16(10-23)5-17(4-15)11-23)1-2-22(26)24-12-18-6-19(13-24)8-20(7-18)14-24/h15-22,25-26H,3-14H2. The molecule has 0 heterocycles. The lowest BCUT2D eigenvalue weighted by Crippen LogP contribution is -2.52. The first-order valence-electron chi connectivity index (χ1n) is 11.4. The molecule has 2 nitrogen and oxygen atoms in total. The van der Waals surface area contributed by atoms with Crippen LogP contribution < -0.4 is 0 Å². The molecule has 0 spiro atoms. The van der Waals surface area contributed by atoms with Gasteiger partial charge < -0.3 is 10.2 Å². The van der Waals surface area contributed by atoms with Crippen LogP contribution in [-0.4, -0.2) is 22.4 Å². The molecule has 0 saturated heterocycles. The second kappa shape index (κ2) is 5.51. The van der Waals surface area contributed by atoms with Crippen molar-refractivity contribution in [2.24, 2.45) is 46.3 Å². The zero-order chi connectivity index (χ0) is 17.5. The summed E-state index contributed by atoms with van der Waals surface area (Å²) >= 11 is 0. The molecule has 142 valence electrons. The van der Waals surface area contributed by atoms with Gasteiger partial charge in [-0.2, -0.15) is 0 Å². The minimum absolute atomic E-state index is 0.0585. The first-order chi connectivity index (χ1) is 12.5. The van der Waals surface area contributed by atoms with E-state index in [1.165, 1.54) is 77.0 Å². The van der Waals surface area contributed by atoms with E-state index in [0.717, 1.165) is 35.5 Å². The Labute approximate surface area is 158 Å². The van der Waals surface area contributed by atoms with E-state index in [-0.39, 0.29) is 10.8 Å². The maximum absolute atomic E-state index is 11.1. The number of hydrogen-bond acceptors (Lipinski definition) is 2. The van der Waals surface area contributed by atoms with Crippen LogP contribution in [0.15, 0.2) is 0 Å². The molecule has 8 aliphatic carbocycles. The summed E-state index contributed by atoms with van der Waals surface area (Å²) in [5, 5.41) is 22.1. The second-order valence-electron chi connectivity index (χ2n) is 11.7. The minimum atomic E-state index is -0.514. The molecule has 2 unspecified atom stereocenters. The van der Waals surface area contributed by atoms with Gasteiger partial charge in [-0.25, -0.2) is 0 Å². The fraction of sp³-hybridized carbons (Fsp3) is 0.917. The average molecular weight is 355 g/mol. The SMILES string of the molecule is OC(C#CC(O)C12CC3CC(CC(C3)C1)C2)C12CC3CC(CC(C3)C1)C2. The Morgan fingerprint density at radius 2 is 0.731 bits per heavy atom. The van der Waals surface area contributed by atoms with Crippen molar-refractivity contribution in [1.82, 2.24) is 0 Å². The molecule has 0 aliphatic heterocycles. The maximum atomic E-state index is 11.1. The van der Waals surface area contributed by atoms with Gasteiger partial charge in [0.15, 0.2) is 0 Å². The molecule has 8 aliphatic rings. The Morgan fingerprint density at radius 1 is 0.500 bits per heavy atom. The Balaban J connectivity index is 1.21. The molecule has 2 heteroatoms. The smallest absolute Gasteiger partial charge is 0.120 e. The van der Waals surface area contributed by atoms with E-state index < -0.39 is 12.2 Å². The molecule has 0 radical (unpaired) electrons. The molecule has 26 heavy (non-hydrogen) atoms. The number of aliphatic hydroxyl groups is 2. The number of rotatable bonds is 2. The Kier molecular flexibility index (Phi) is 3.48. The van der Waals surface area contributed by atoms with Crippen LogP contribution in [0.4, 0.5) is 0 Å². The molecule has 0 aromatic heterocycles. The Morgan fingerprint density at radius 3 is 0.962 bits per heavy atom. The lowest BCUT2D eigenvalue weighted by atomic mass is 9.48. The highest BCUT2D eigenvalue weighted by atomic mass is 16.3. The molecule has 8 saturated carbocycles. The van der Waals surface area contributed by atoms with Gasteiger partial charge in [-0.1, -0.05) is 11.8 Å². The molecule has 2 atom stereocenters. The summed E-state index contributed by atoms with van der Waals surface area (Å²) in [6.45, 7) is 0. The van der Waals surface area contributed by atoms with Crippen molar-refractivity contribution in [3.63, 3.8) is 0 Å². The molecule has 0 aromatic rings. The molecule has 8 bridgehead atoms. The van der Waals surface area contributed by atoms with E-state index in [2.05, 4.69) is 11.8 Å². The highest BCUT2D eigenvalue weighted by Gasteiger charge is 2.55. The van der Waals surface area contributed by atoms with Crippen molar-refractivity contribution in [1.29, 1.82) is 0 Å². The summed E-state index contributed by atoms with van der Waals surface area (Å²) in [7, 11) is 0. The van der Waals surface area contributed by atoms with Gasteiger partial charge in [-0.05, 0) is 113 Å². The average Bonchev–Trinajstić information content (AvgIpc) is 2.57. The van der Waals surface area contributed by atoms with E-state index in [1.54, 1.807) is 0 Å². The molecule has 0 amide bonds. The van der Waals surface area contributed by atoms with Gasteiger partial charge in [-0.15, -0.1) is 0 Å². The van der Waals surface area contributed by atoms with Gasteiger partial charge in [0.1, 0.15) is 12.2 Å². The van der Waals surface area contributed by atoms with E-state index in [4.69, 9.17) is 0 Å². The van der Waals surface area contributed by atoms with Crippen molar-refractivity contribution in [3.8, 4) is 11.8 Å². The van der Waals surface area contributed by atoms with Crippen molar-refractivity contribution in [2.75, 3.05) is 0 Å². The van der Waals surface area contributed by atoms with Gasteiger partial charge in [0.25, 0.3) is 0 Å². The molecule has 2 N–H and O–H groups in total. The lowest BCUT2D eigenvalue weighted by molar-refractivity contribution is -0.104. The van der Waals surface area contributed by atoms with Crippen LogP contribution in [0.3, 0.4) is 0 Å². The van der Waals surface area contributed by atoms with Crippen LogP contribution in [0.2, 0.25) is 0 Å². The van der Waals surface area contributed by atoms with Gasteiger partial charge in [0, 0.05) is 10.8 Å². The topological polar surface area (TPSA) is 40.5 Å². The number of aliphatic hydroxyl groups excluding tert-OH is 2. The normalized spacial score (nSPS) is 55.5. The summed E-state index contributed by atoms with van der Waals surface area (Å²) in [5.41, 5.74) is 0.117. The van der Waals surface area contributed by atoms with E-state index >= 15 is 0 Å². The van der Waals surface area contributed by atoms with E-state index in [1.807, 2.05) is 0 Å². The van der Waals surface area contributed by atoms with Crippen LogP contribution in [0.5, 0.6) is 0 Å². The summed E-state index contributed by atoms with van der Waals surface area (Å²) < 4.78 is 0. The molecule has 8 fully saturated rings. The van der Waals surface area contributed by atoms with Crippen LogP contribution in [0, 0.1) is 58.2 Å². The van der Waals surface area contributed by atoms with Gasteiger partial charge in [0.05, 0.1) is 0 Å². The minimum Gasteiger partial charge on any atom is -0.380 e. The third-order valence-electron chi connectivity index (χ3n) is 9.69. The molecular formula is C24H34O2. The predicted octanol–water partition coefficient (Wildman–Crippen LogP) is 4.14. The second-order valence-corrected chi connectivity index (χ2v) is 11.7. The highest BCUT2D eigenvalue weighted by molar-refractivity contribution is 5.21. The van der Waals surface area contributed by atoms with Gasteiger partial charge in [0.2, 0.25) is 0 Å². The summed E-state index contributed by atoms with van der Waals surface area (Å²) in [5.74, 6) is 11.5. The summed E-state index contributed by atoms with van der Waals surface area (Å²) in [6, 6.07) is 0. The molecule has 8 rings (SSSR count). The third kappa shape index (κ3) is 2.39.